The molecule has 2 rings (SSSR count). The topological polar surface area (TPSA) is 77.2 Å². The summed E-state index contributed by atoms with van der Waals surface area (Å²) >= 11 is 0. The number of nitrogens with two attached hydrogens (primary N) is 1. The Labute approximate surface area is 121 Å². The number of aromatic nitrogens is 1. The zero-order valence-corrected chi connectivity index (χ0v) is 11.6. The number of esters is 1. The lowest BCUT2D eigenvalue weighted by atomic mass is 10.1. The van der Waals surface area contributed by atoms with Crippen LogP contribution in [0.25, 0.3) is 0 Å². The molecule has 0 aliphatic heterocycles. The van der Waals surface area contributed by atoms with E-state index in [4.69, 9.17) is 5.73 Å². The first-order valence-corrected chi connectivity index (χ1v) is 6.42. The summed E-state index contributed by atoms with van der Waals surface area (Å²) in [5.74, 6) is -0.224. The Bertz CT molecular complexity index is 629. The second-order valence-electron chi connectivity index (χ2n) is 4.45. The molecule has 0 radical (unpaired) electrons. The molecule has 6 heteroatoms. The average molecular weight is 289 g/mol. The van der Waals surface area contributed by atoms with Crippen molar-refractivity contribution >= 4 is 17.5 Å². The lowest BCUT2D eigenvalue weighted by Gasteiger charge is -2.08. The number of methoxy groups -OCH3 is 1. The number of carbonyl (C=O) groups excluding carboxylic acids is 1. The summed E-state index contributed by atoms with van der Waals surface area (Å²) in [7, 11) is 1.30. The molecule has 1 aromatic carbocycles. The van der Waals surface area contributed by atoms with E-state index < -0.39 is 5.97 Å². The molecule has 0 saturated heterocycles. The number of hydrogen-bond acceptors (Lipinski definition) is 5. The monoisotopic (exact) mass is 289 g/mol. The number of pyridine rings is 1. The molecular weight excluding hydrogens is 273 g/mol. The number of halogens is 1. The van der Waals surface area contributed by atoms with E-state index in [1.165, 1.54) is 25.4 Å². The highest BCUT2D eigenvalue weighted by Crippen LogP contribution is 2.16. The van der Waals surface area contributed by atoms with Gasteiger partial charge in [-0.05, 0) is 30.2 Å². The largest absolute Gasteiger partial charge is 0.465 e. The maximum Gasteiger partial charge on any atom is 0.340 e. The van der Waals surface area contributed by atoms with Crippen molar-refractivity contribution in [2.45, 2.75) is 6.42 Å². The van der Waals surface area contributed by atoms with E-state index in [1.807, 2.05) is 0 Å². The number of carbonyl (C=O) groups is 1. The summed E-state index contributed by atoms with van der Waals surface area (Å²) in [5.41, 5.74) is 7.22. The third-order valence-electron chi connectivity index (χ3n) is 2.97. The summed E-state index contributed by atoms with van der Waals surface area (Å²) < 4.78 is 17.4. The molecule has 0 atom stereocenters. The molecule has 0 fully saturated rings. The minimum atomic E-state index is -0.503. The van der Waals surface area contributed by atoms with E-state index in [1.54, 1.807) is 18.2 Å². The Morgan fingerprint density at radius 1 is 1.38 bits per heavy atom. The van der Waals surface area contributed by atoms with Gasteiger partial charge in [-0.3, -0.25) is 0 Å². The van der Waals surface area contributed by atoms with Gasteiger partial charge in [-0.25, -0.2) is 14.2 Å². The molecule has 2 aromatic rings. The highest BCUT2D eigenvalue weighted by Gasteiger charge is 2.11. The Hall–Kier alpha value is -2.63. The van der Waals surface area contributed by atoms with Gasteiger partial charge >= 0.3 is 5.97 Å². The van der Waals surface area contributed by atoms with Gasteiger partial charge in [-0.15, -0.1) is 0 Å². The number of nitrogens with one attached hydrogen (secondary N) is 1. The molecule has 0 amide bonds. The fourth-order valence-corrected chi connectivity index (χ4v) is 1.84. The molecule has 0 aliphatic rings. The van der Waals surface area contributed by atoms with Gasteiger partial charge in [0.25, 0.3) is 0 Å². The van der Waals surface area contributed by atoms with E-state index in [2.05, 4.69) is 15.0 Å². The lowest BCUT2D eigenvalue weighted by molar-refractivity contribution is 0.0602. The van der Waals surface area contributed by atoms with Gasteiger partial charge in [0.05, 0.1) is 24.6 Å². The summed E-state index contributed by atoms with van der Waals surface area (Å²) in [6.45, 7) is 0.600. The van der Waals surface area contributed by atoms with Crippen molar-refractivity contribution in [3.8, 4) is 0 Å². The SMILES string of the molecule is COC(=O)c1cc(NCCc2ccc(F)cc2)ncc1N. The van der Waals surface area contributed by atoms with Crippen molar-refractivity contribution in [1.29, 1.82) is 0 Å². The Balaban J connectivity index is 1.97. The Morgan fingerprint density at radius 2 is 2.10 bits per heavy atom. The first-order chi connectivity index (χ1) is 10.1. The van der Waals surface area contributed by atoms with Crippen LogP contribution in [0.3, 0.4) is 0 Å². The molecule has 1 aromatic heterocycles. The molecule has 0 aliphatic carbocycles. The second-order valence-corrected chi connectivity index (χ2v) is 4.45. The average Bonchev–Trinajstić information content (AvgIpc) is 2.50. The predicted molar refractivity (Wildman–Crippen MR) is 78.6 cm³/mol. The molecular formula is C15H16FN3O2. The zero-order chi connectivity index (χ0) is 15.2. The Kier molecular flexibility index (Phi) is 4.71. The van der Waals surface area contributed by atoms with Crippen molar-refractivity contribution in [2.24, 2.45) is 0 Å². The number of ether oxygens (including phenoxy) is 1. The van der Waals surface area contributed by atoms with E-state index in [0.29, 0.717) is 18.8 Å². The van der Waals surface area contributed by atoms with Crippen molar-refractivity contribution in [3.63, 3.8) is 0 Å². The van der Waals surface area contributed by atoms with Crippen LogP contribution in [0.4, 0.5) is 15.9 Å². The molecule has 1 heterocycles. The van der Waals surface area contributed by atoms with Crippen molar-refractivity contribution in [1.82, 2.24) is 4.98 Å². The molecule has 0 spiro atoms. The molecule has 0 bridgehead atoms. The minimum absolute atomic E-state index is 0.255. The summed E-state index contributed by atoms with van der Waals surface area (Å²) in [6, 6.07) is 7.85. The molecule has 110 valence electrons. The Morgan fingerprint density at radius 3 is 2.76 bits per heavy atom. The maximum absolute atomic E-state index is 12.8. The predicted octanol–water partition coefficient (Wildman–Crippen LogP) is 2.24. The summed E-state index contributed by atoms with van der Waals surface area (Å²) in [4.78, 5) is 15.6. The van der Waals surface area contributed by atoms with Crippen LogP contribution in [0.5, 0.6) is 0 Å². The fraction of sp³-hybridized carbons (Fsp3) is 0.200. The molecule has 0 unspecified atom stereocenters. The van der Waals surface area contributed by atoms with Crippen LogP contribution < -0.4 is 11.1 Å². The van der Waals surface area contributed by atoms with Gasteiger partial charge < -0.3 is 15.8 Å². The van der Waals surface area contributed by atoms with Crippen LogP contribution in [-0.2, 0) is 11.2 Å². The number of anilines is 2. The van der Waals surface area contributed by atoms with Crippen molar-refractivity contribution in [2.75, 3.05) is 24.7 Å². The van der Waals surface area contributed by atoms with Gasteiger partial charge in [-0.1, -0.05) is 12.1 Å². The maximum atomic E-state index is 12.8. The quantitative estimate of drug-likeness (QED) is 0.825. The zero-order valence-electron chi connectivity index (χ0n) is 11.6. The van der Waals surface area contributed by atoms with Crippen LogP contribution in [0.2, 0.25) is 0 Å². The number of benzene rings is 1. The first kappa shape index (κ1) is 14.8. The molecule has 5 nitrogen and oxygen atoms in total. The number of hydrogen-bond donors (Lipinski definition) is 2. The van der Waals surface area contributed by atoms with E-state index >= 15 is 0 Å². The lowest BCUT2D eigenvalue weighted by Crippen LogP contribution is -2.10. The third-order valence-corrected chi connectivity index (χ3v) is 2.97. The van der Waals surface area contributed by atoms with Crippen molar-refractivity contribution < 1.29 is 13.9 Å². The van der Waals surface area contributed by atoms with Crippen LogP contribution >= 0.6 is 0 Å². The standard InChI is InChI=1S/C15H16FN3O2/c1-21-15(20)12-8-14(19-9-13(12)17)18-7-6-10-2-4-11(16)5-3-10/h2-5,8-9H,6-7,17H2,1H3,(H,18,19). The highest BCUT2D eigenvalue weighted by atomic mass is 19.1. The highest BCUT2D eigenvalue weighted by molar-refractivity contribution is 5.95. The smallest absolute Gasteiger partial charge is 0.340 e. The molecule has 0 saturated carbocycles. The minimum Gasteiger partial charge on any atom is -0.465 e. The summed E-state index contributed by atoms with van der Waals surface area (Å²) in [6.07, 6.45) is 2.12. The van der Waals surface area contributed by atoms with Gasteiger partial charge in [0.2, 0.25) is 0 Å². The van der Waals surface area contributed by atoms with Gasteiger partial charge in [0.1, 0.15) is 11.6 Å². The van der Waals surface area contributed by atoms with Crippen molar-refractivity contribution in [3.05, 3.63) is 53.5 Å². The normalized spacial score (nSPS) is 10.2. The van der Waals surface area contributed by atoms with E-state index in [0.717, 1.165) is 5.56 Å². The van der Waals surface area contributed by atoms with Crippen LogP contribution in [0, 0.1) is 5.82 Å². The van der Waals surface area contributed by atoms with Crippen LogP contribution in [0.15, 0.2) is 36.5 Å². The molecule has 3 N–H and O–H groups in total. The van der Waals surface area contributed by atoms with Gasteiger partial charge in [0.15, 0.2) is 0 Å². The number of nitrogen functional groups attached to an aromatic ring is 1. The van der Waals surface area contributed by atoms with E-state index in [-0.39, 0.29) is 17.1 Å². The second kappa shape index (κ2) is 6.69. The fourth-order valence-electron chi connectivity index (χ4n) is 1.84. The first-order valence-electron chi connectivity index (χ1n) is 6.42. The van der Waals surface area contributed by atoms with Gasteiger partial charge in [-0.2, -0.15) is 0 Å². The van der Waals surface area contributed by atoms with E-state index in [9.17, 15) is 9.18 Å². The summed E-state index contributed by atoms with van der Waals surface area (Å²) in [5, 5.41) is 3.09. The number of rotatable bonds is 5. The number of nitrogens with zero attached hydrogens (tertiary/aromatic N) is 1. The van der Waals surface area contributed by atoms with Gasteiger partial charge in [0, 0.05) is 6.54 Å². The van der Waals surface area contributed by atoms with Crippen LogP contribution in [0.1, 0.15) is 15.9 Å². The molecule has 21 heavy (non-hydrogen) atoms. The van der Waals surface area contributed by atoms with Crippen LogP contribution in [-0.4, -0.2) is 24.6 Å². The third kappa shape index (κ3) is 3.92.